The molecule has 0 saturated carbocycles. The quantitative estimate of drug-likeness (QED) is 0.170. The number of fused-ring (bicyclic) bond motifs is 6. The molecule has 2 aromatic heterocycles. The van der Waals surface area contributed by atoms with Gasteiger partial charge in [-0.25, -0.2) is 0 Å². The Morgan fingerprint density at radius 1 is 1.00 bits per heavy atom. The Balaban J connectivity index is 1.69. The van der Waals surface area contributed by atoms with Crippen molar-refractivity contribution in [2.24, 2.45) is 5.84 Å². The number of nitrogens with two attached hydrogens (primary N) is 1. The summed E-state index contributed by atoms with van der Waals surface area (Å²) in [6.45, 7) is 4.48. The van der Waals surface area contributed by atoms with Crippen molar-refractivity contribution in [3.8, 4) is 5.69 Å². The standard InChI is InChI=1S/C31H33BN4/c1-3-11-23(36(32)33)18-21(2)34-28-16-9-7-14-24(28)26-19-27-25-15-8-10-17-29(25)35(31(27)20-30(26)34)22-12-5-4-6-13-22/h4-9,12-16,18-21H,3,10-11,17,32-33H2,1-2H3/b23-18+. The molecule has 36 heavy (non-hydrogen) atoms. The summed E-state index contributed by atoms with van der Waals surface area (Å²) in [5, 5.41) is 3.94. The summed E-state index contributed by atoms with van der Waals surface area (Å²) >= 11 is 0. The van der Waals surface area contributed by atoms with E-state index in [9.17, 15) is 0 Å². The Morgan fingerprint density at radius 2 is 1.78 bits per heavy atom. The number of benzene rings is 3. The molecule has 1 atom stereocenters. The number of hydrogen-bond acceptors (Lipinski definition) is 2. The van der Waals surface area contributed by atoms with Crippen LogP contribution in [0, 0.1) is 0 Å². The first kappa shape index (κ1) is 22.7. The van der Waals surface area contributed by atoms with Crippen LogP contribution in [0.4, 0.5) is 0 Å². The lowest BCUT2D eigenvalue weighted by Crippen LogP contribution is -2.27. The van der Waals surface area contributed by atoms with Crippen LogP contribution in [-0.2, 0) is 6.42 Å². The van der Waals surface area contributed by atoms with E-state index in [2.05, 4.69) is 108 Å². The van der Waals surface area contributed by atoms with E-state index in [4.69, 9.17) is 5.84 Å². The molecule has 0 spiro atoms. The fourth-order valence-electron chi connectivity index (χ4n) is 6.01. The average molecular weight is 472 g/mol. The van der Waals surface area contributed by atoms with E-state index in [0.29, 0.717) is 0 Å². The number of allylic oxidation sites excluding steroid dienone is 3. The minimum absolute atomic E-state index is 0.159. The highest BCUT2D eigenvalue weighted by Gasteiger charge is 2.22. The third-order valence-corrected chi connectivity index (χ3v) is 7.59. The number of aromatic nitrogens is 2. The van der Waals surface area contributed by atoms with E-state index in [-0.39, 0.29) is 6.04 Å². The lowest BCUT2D eigenvalue weighted by atomic mass is 10.0. The van der Waals surface area contributed by atoms with Crippen molar-refractivity contribution in [3.63, 3.8) is 0 Å². The van der Waals surface area contributed by atoms with Gasteiger partial charge < -0.3 is 14.1 Å². The normalized spacial score (nSPS) is 14.6. The molecule has 0 radical (unpaired) electrons. The van der Waals surface area contributed by atoms with Gasteiger partial charge in [0.1, 0.15) is 0 Å². The maximum atomic E-state index is 6.21. The van der Waals surface area contributed by atoms with E-state index in [1.54, 1.807) is 4.92 Å². The van der Waals surface area contributed by atoms with Crippen LogP contribution in [0.3, 0.4) is 0 Å². The van der Waals surface area contributed by atoms with Crippen LogP contribution in [0.2, 0.25) is 0 Å². The van der Waals surface area contributed by atoms with Gasteiger partial charge in [0.25, 0.3) is 0 Å². The Morgan fingerprint density at radius 3 is 2.56 bits per heavy atom. The third-order valence-electron chi connectivity index (χ3n) is 7.59. The maximum absolute atomic E-state index is 6.21. The molecule has 5 aromatic rings. The maximum Gasteiger partial charge on any atom is 0.238 e. The predicted molar refractivity (Wildman–Crippen MR) is 156 cm³/mol. The highest BCUT2D eigenvalue weighted by Crippen LogP contribution is 2.40. The van der Waals surface area contributed by atoms with Gasteiger partial charge in [0, 0.05) is 44.3 Å². The second-order valence-electron chi connectivity index (χ2n) is 10.0. The Bertz CT molecular complexity index is 1640. The van der Waals surface area contributed by atoms with E-state index >= 15 is 0 Å². The molecule has 6 rings (SSSR count). The molecule has 180 valence electrons. The fourth-order valence-corrected chi connectivity index (χ4v) is 6.01. The summed E-state index contributed by atoms with van der Waals surface area (Å²) in [7, 11) is 1.94. The molecule has 1 unspecified atom stereocenters. The molecular formula is C31H33BN4. The van der Waals surface area contributed by atoms with Crippen molar-refractivity contribution in [1.29, 1.82) is 0 Å². The second kappa shape index (κ2) is 9.07. The Labute approximate surface area is 213 Å². The van der Waals surface area contributed by atoms with E-state index in [0.717, 1.165) is 25.7 Å². The van der Waals surface area contributed by atoms with Crippen molar-refractivity contribution in [2.45, 2.75) is 45.6 Å². The molecule has 3 aromatic carbocycles. The van der Waals surface area contributed by atoms with E-state index < -0.39 is 0 Å². The van der Waals surface area contributed by atoms with Gasteiger partial charge in [-0.2, -0.15) is 0 Å². The minimum Gasteiger partial charge on any atom is -0.368 e. The number of hydrogen-bond donors (Lipinski definition) is 1. The molecule has 4 nitrogen and oxygen atoms in total. The molecule has 0 aliphatic heterocycles. The van der Waals surface area contributed by atoms with Crippen LogP contribution in [0.1, 0.15) is 50.4 Å². The summed E-state index contributed by atoms with van der Waals surface area (Å²) in [4.78, 5) is 1.77. The molecule has 0 fully saturated rings. The van der Waals surface area contributed by atoms with Crippen LogP contribution >= 0.6 is 0 Å². The Hall–Kier alpha value is -3.70. The van der Waals surface area contributed by atoms with Crippen LogP contribution in [-0.4, -0.2) is 22.0 Å². The monoisotopic (exact) mass is 472 g/mol. The van der Waals surface area contributed by atoms with Gasteiger partial charge in [-0.3, -0.25) is 5.84 Å². The average Bonchev–Trinajstić information content (AvgIpc) is 3.40. The topological polar surface area (TPSA) is 39.1 Å². The lowest BCUT2D eigenvalue weighted by molar-refractivity contribution is 0.539. The molecule has 0 amide bonds. The lowest BCUT2D eigenvalue weighted by Gasteiger charge is -2.21. The van der Waals surface area contributed by atoms with E-state index in [1.807, 2.05) is 7.98 Å². The molecule has 0 saturated heterocycles. The number of para-hydroxylation sites is 2. The van der Waals surface area contributed by atoms with Crippen LogP contribution in [0.15, 0.2) is 84.6 Å². The first-order chi connectivity index (χ1) is 17.6. The zero-order valence-corrected chi connectivity index (χ0v) is 21.4. The molecule has 1 aliphatic carbocycles. The number of nitrogens with zero attached hydrogens (tertiary/aromatic N) is 3. The van der Waals surface area contributed by atoms with Gasteiger partial charge in [0.15, 0.2) is 0 Å². The summed E-state index contributed by atoms with van der Waals surface area (Å²) in [5.74, 6) is 6.21. The van der Waals surface area contributed by atoms with E-state index in [1.165, 1.54) is 55.4 Å². The zero-order valence-electron chi connectivity index (χ0n) is 21.4. The fraction of sp³-hybridized carbons (Fsp3) is 0.226. The highest BCUT2D eigenvalue weighted by atomic mass is 15.3. The first-order valence-corrected chi connectivity index (χ1v) is 13.1. The van der Waals surface area contributed by atoms with Gasteiger partial charge >= 0.3 is 0 Å². The van der Waals surface area contributed by atoms with Crippen molar-refractivity contribution in [1.82, 2.24) is 14.1 Å². The van der Waals surface area contributed by atoms with Gasteiger partial charge in [0.05, 0.1) is 17.1 Å². The summed E-state index contributed by atoms with van der Waals surface area (Å²) < 4.78 is 4.96. The van der Waals surface area contributed by atoms with Crippen molar-refractivity contribution < 1.29 is 0 Å². The SMILES string of the molecule is BN(N)/C(=C/C(C)n1c2ccccc2c2cc3c4c(n(-c5ccccc5)c3cc21)CCC=C4)CCC. The van der Waals surface area contributed by atoms with Gasteiger partial charge in [-0.15, -0.1) is 0 Å². The van der Waals surface area contributed by atoms with Gasteiger partial charge in [-0.1, -0.05) is 61.9 Å². The van der Waals surface area contributed by atoms with Gasteiger partial charge in [-0.05, 0) is 62.6 Å². The molecule has 1 aliphatic rings. The summed E-state index contributed by atoms with van der Waals surface area (Å²) in [5.41, 5.74) is 8.96. The summed E-state index contributed by atoms with van der Waals surface area (Å²) in [6.07, 6.45) is 11.1. The van der Waals surface area contributed by atoms with Gasteiger partial charge in [0.2, 0.25) is 7.98 Å². The molecule has 2 heterocycles. The highest BCUT2D eigenvalue weighted by molar-refractivity contribution is 6.14. The minimum atomic E-state index is 0.159. The third kappa shape index (κ3) is 3.58. The molecule has 5 heteroatoms. The zero-order chi connectivity index (χ0) is 24.8. The number of rotatable bonds is 6. The van der Waals surface area contributed by atoms with Crippen LogP contribution in [0.25, 0.3) is 44.5 Å². The van der Waals surface area contributed by atoms with Crippen molar-refractivity contribution in [3.05, 3.63) is 95.8 Å². The molecular weight excluding hydrogens is 439 g/mol. The van der Waals surface area contributed by atoms with Crippen LogP contribution < -0.4 is 5.84 Å². The Kier molecular flexibility index (Phi) is 5.73. The second-order valence-corrected chi connectivity index (χ2v) is 10.0. The first-order valence-electron chi connectivity index (χ1n) is 13.1. The summed E-state index contributed by atoms with van der Waals surface area (Å²) in [6, 6.07) is 24.6. The number of hydrazine groups is 1. The smallest absolute Gasteiger partial charge is 0.238 e. The van der Waals surface area contributed by atoms with Crippen LogP contribution in [0.5, 0.6) is 0 Å². The van der Waals surface area contributed by atoms with Crippen molar-refractivity contribution in [2.75, 3.05) is 0 Å². The molecule has 0 bridgehead atoms. The molecule has 2 N–H and O–H groups in total. The largest absolute Gasteiger partial charge is 0.368 e. The van der Waals surface area contributed by atoms with Crippen molar-refractivity contribution >= 4 is 46.8 Å². The predicted octanol–water partition coefficient (Wildman–Crippen LogP) is 6.67.